The molecule has 0 N–H and O–H groups in total. The molecule has 3 heterocycles. The van der Waals surface area contributed by atoms with Gasteiger partial charge in [-0.05, 0) is 58.7 Å². The van der Waals surface area contributed by atoms with E-state index in [1.807, 2.05) is 48.5 Å². The Hall–Kier alpha value is -7.63. The second-order valence-corrected chi connectivity index (χ2v) is 14.0. The van der Waals surface area contributed by atoms with Crippen molar-refractivity contribution in [3.05, 3.63) is 194 Å². The molecule has 0 spiro atoms. The van der Waals surface area contributed by atoms with Crippen LogP contribution >= 0.6 is 0 Å². The smallest absolute Gasteiger partial charge is 0.164 e. The molecule has 5 heteroatoms. The summed E-state index contributed by atoms with van der Waals surface area (Å²) in [4.78, 5) is 15.4. The average molecular weight is 717 g/mol. The van der Waals surface area contributed by atoms with Gasteiger partial charge < -0.3 is 8.98 Å². The lowest BCUT2D eigenvalue weighted by molar-refractivity contribution is 0.669. The van der Waals surface area contributed by atoms with Gasteiger partial charge in [-0.3, -0.25) is 0 Å². The zero-order chi connectivity index (χ0) is 37.0. The molecule has 0 bridgehead atoms. The second kappa shape index (κ2) is 13.0. The van der Waals surface area contributed by atoms with Crippen LogP contribution in [0.1, 0.15) is 0 Å². The maximum atomic E-state index is 6.71. The molecule has 0 atom stereocenters. The standard InChI is InChI=1S/C51H32N4O/c1-4-15-33(16-5-1)36-21-12-23-38(29-36)50-52-49(35-19-8-3-9-20-35)53-51(54-50)41-26-14-28-46-48(41)43-31-42-40-25-10-11-27-44(40)55(45(42)32-47(43)56-46)39-24-13-22-37(30-39)34-17-6-2-7-18-34/h1-32H. The molecule has 0 aliphatic carbocycles. The molecule has 0 fully saturated rings. The molecule has 56 heavy (non-hydrogen) atoms. The van der Waals surface area contributed by atoms with Gasteiger partial charge in [0.2, 0.25) is 0 Å². The molecule has 11 aromatic rings. The molecule has 262 valence electrons. The van der Waals surface area contributed by atoms with E-state index in [2.05, 4.69) is 150 Å². The Balaban J connectivity index is 1.12. The first-order valence-corrected chi connectivity index (χ1v) is 18.8. The van der Waals surface area contributed by atoms with E-state index >= 15 is 0 Å². The van der Waals surface area contributed by atoms with Gasteiger partial charge in [0.15, 0.2) is 17.5 Å². The van der Waals surface area contributed by atoms with Crippen LogP contribution in [0.5, 0.6) is 0 Å². The molecule has 11 rings (SSSR count). The maximum absolute atomic E-state index is 6.71. The number of hydrogen-bond acceptors (Lipinski definition) is 4. The normalized spacial score (nSPS) is 11.6. The molecule has 0 aliphatic heterocycles. The van der Waals surface area contributed by atoms with Gasteiger partial charge in [0, 0.05) is 50.0 Å². The molecular weight excluding hydrogens is 685 g/mol. The maximum Gasteiger partial charge on any atom is 0.164 e. The summed E-state index contributed by atoms with van der Waals surface area (Å²) in [6.45, 7) is 0. The molecule has 0 unspecified atom stereocenters. The summed E-state index contributed by atoms with van der Waals surface area (Å²) in [5, 5.41) is 4.31. The third-order valence-corrected chi connectivity index (χ3v) is 10.6. The number of para-hydroxylation sites is 1. The van der Waals surface area contributed by atoms with Gasteiger partial charge in [0.1, 0.15) is 11.2 Å². The monoisotopic (exact) mass is 716 g/mol. The minimum Gasteiger partial charge on any atom is -0.456 e. The minimum atomic E-state index is 0.590. The lowest BCUT2D eigenvalue weighted by Gasteiger charge is -2.10. The topological polar surface area (TPSA) is 56.7 Å². The van der Waals surface area contributed by atoms with Crippen LogP contribution < -0.4 is 0 Å². The average Bonchev–Trinajstić information content (AvgIpc) is 3.81. The number of benzene rings is 8. The molecule has 0 saturated heterocycles. The zero-order valence-corrected chi connectivity index (χ0v) is 30.2. The van der Waals surface area contributed by atoms with Crippen LogP contribution in [-0.4, -0.2) is 19.5 Å². The second-order valence-electron chi connectivity index (χ2n) is 14.0. The van der Waals surface area contributed by atoms with Crippen LogP contribution in [0.3, 0.4) is 0 Å². The molecule has 5 nitrogen and oxygen atoms in total. The molecule has 8 aromatic carbocycles. The first kappa shape index (κ1) is 31.9. The summed E-state index contributed by atoms with van der Waals surface area (Å²) in [6, 6.07) is 67.4. The number of rotatable bonds is 6. The van der Waals surface area contributed by atoms with Crippen molar-refractivity contribution in [3.8, 4) is 62.1 Å². The highest BCUT2D eigenvalue weighted by atomic mass is 16.3. The summed E-state index contributed by atoms with van der Waals surface area (Å²) in [5.41, 5.74) is 12.2. The summed E-state index contributed by atoms with van der Waals surface area (Å²) in [6.07, 6.45) is 0. The molecule has 0 radical (unpaired) electrons. The van der Waals surface area contributed by atoms with Crippen LogP contribution in [0.4, 0.5) is 0 Å². The number of furan rings is 1. The van der Waals surface area contributed by atoms with Crippen molar-refractivity contribution < 1.29 is 4.42 Å². The van der Waals surface area contributed by atoms with Crippen LogP contribution in [0.15, 0.2) is 199 Å². The van der Waals surface area contributed by atoms with Crippen LogP contribution in [0.25, 0.3) is 106 Å². The Labute approximate surface area is 322 Å². The Morgan fingerprint density at radius 2 is 0.911 bits per heavy atom. The highest BCUT2D eigenvalue weighted by Crippen LogP contribution is 2.42. The fourth-order valence-electron chi connectivity index (χ4n) is 8.02. The van der Waals surface area contributed by atoms with Gasteiger partial charge in [-0.2, -0.15) is 0 Å². The van der Waals surface area contributed by atoms with E-state index in [-0.39, 0.29) is 0 Å². The fraction of sp³-hybridized carbons (Fsp3) is 0. The third kappa shape index (κ3) is 5.37. The number of aromatic nitrogens is 4. The van der Waals surface area contributed by atoms with E-state index in [0.29, 0.717) is 17.5 Å². The molecule has 0 saturated carbocycles. The summed E-state index contributed by atoms with van der Waals surface area (Å²) >= 11 is 0. The highest BCUT2D eigenvalue weighted by molar-refractivity contribution is 6.19. The van der Waals surface area contributed by atoms with E-state index in [1.54, 1.807) is 0 Å². The van der Waals surface area contributed by atoms with Crippen molar-refractivity contribution in [3.63, 3.8) is 0 Å². The minimum absolute atomic E-state index is 0.590. The molecule has 0 aliphatic rings. The Bertz CT molecular complexity index is 3240. The predicted molar refractivity (Wildman–Crippen MR) is 229 cm³/mol. The highest BCUT2D eigenvalue weighted by Gasteiger charge is 2.21. The van der Waals surface area contributed by atoms with E-state index in [1.165, 1.54) is 16.5 Å². The van der Waals surface area contributed by atoms with Crippen molar-refractivity contribution in [2.75, 3.05) is 0 Å². The van der Waals surface area contributed by atoms with Gasteiger partial charge in [-0.15, -0.1) is 0 Å². The summed E-state index contributed by atoms with van der Waals surface area (Å²) < 4.78 is 9.06. The predicted octanol–water partition coefficient (Wildman–Crippen LogP) is 13.2. The van der Waals surface area contributed by atoms with E-state index < -0.39 is 0 Å². The van der Waals surface area contributed by atoms with E-state index in [0.717, 1.165) is 71.9 Å². The quantitative estimate of drug-likeness (QED) is 0.172. The number of hydrogen-bond donors (Lipinski definition) is 0. The Kier molecular flexibility index (Phi) is 7.42. The summed E-state index contributed by atoms with van der Waals surface area (Å²) in [7, 11) is 0. The van der Waals surface area contributed by atoms with Crippen LogP contribution in [0, 0.1) is 0 Å². The van der Waals surface area contributed by atoms with Crippen molar-refractivity contribution in [1.29, 1.82) is 0 Å². The van der Waals surface area contributed by atoms with E-state index in [9.17, 15) is 0 Å². The van der Waals surface area contributed by atoms with Gasteiger partial charge in [0.05, 0.1) is 11.0 Å². The van der Waals surface area contributed by atoms with Crippen LogP contribution in [0.2, 0.25) is 0 Å². The first-order valence-electron chi connectivity index (χ1n) is 18.8. The van der Waals surface area contributed by atoms with Gasteiger partial charge in [0.25, 0.3) is 0 Å². The molecular formula is C51H32N4O. The first-order chi connectivity index (χ1) is 27.7. The zero-order valence-electron chi connectivity index (χ0n) is 30.2. The largest absolute Gasteiger partial charge is 0.456 e. The third-order valence-electron chi connectivity index (χ3n) is 10.6. The lowest BCUT2D eigenvalue weighted by atomic mass is 10.0. The van der Waals surface area contributed by atoms with Gasteiger partial charge >= 0.3 is 0 Å². The number of nitrogens with zero attached hydrogens (tertiary/aromatic N) is 4. The van der Waals surface area contributed by atoms with Crippen molar-refractivity contribution in [1.82, 2.24) is 19.5 Å². The Morgan fingerprint density at radius 3 is 1.66 bits per heavy atom. The van der Waals surface area contributed by atoms with Gasteiger partial charge in [-0.25, -0.2) is 15.0 Å². The fourth-order valence-corrected chi connectivity index (χ4v) is 8.02. The van der Waals surface area contributed by atoms with Crippen molar-refractivity contribution in [2.24, 2.45) is 0 Å². The number of fused-ring (bicyclic) bond motifs is 6. The lowest BCUT2D eigenvalue weighted by Crippen LogP contribution is -2.00. The molecule has 3 aromatic heterocycles. The van der Waals surface area contributed by atoms with Crippen molar-refractivity contribution >= 4 is 43.7 Å². The Morgan fingerprint density at radius 1 is 0.339 bits per heavy atom. The van der Waals surface area contributed by atoms with Gasteiger partial charge in [-0.1, -0.05) is 152 Å². The summed E-state index contributed by atoms with van der Waals surface area (Å²) in [5.74, 6) is 1.82. The molecule has 0 amide bonds. The van der Waals surface area contributed by atoms with Crippen molar-refractivity contribution in [2.45, 2.75) is 0 Å². The van der Waals surface area contributed by atoms with Crippen LogP contribution in [-0.2, 0) is 0 Å². The SMILES string of the molecule is c1ccc(-c2cccc(-c3nc(-c4ccccc4)nc(-c4cccc5oc6cc7c(cc6c45)c4ccccc4n7-c4cccc(-c5ccccc5)c4)n3)c2)cc1. The van der Waals surface area contributed by atoms with E-state index in [4.69, 9.17) is 19.4 Å².